The predicted molar refractivity (Wildman–Crippen MR) is 96.1 cm³/mol. The van der Waals surface area contributed by atoms with Crippen LogP contribution in [0.25, 0.3) is 0 Å². The van der Waals surface area contributed by atoms with Gasteiger partial charge >= 0.3 is 6.61 Å². The lowest BCUT2D eigenvalue weighted by atomic mass is 9.76. The molecule has 1 heterocycles. The van der Waals surface area contributed by atoms with Crippen LogP contribution in [0, 0.1) is 0 Å². The number of benzene rings is 1. The van der Waals surface area contributed by atoms with Gasteiger partial charge in [-0.15, -0.1) is 0 Å². The predicted octanol–water partition coefficient (Wildman–Crippen LogP) is 4.36. The standard InChI is InChI=1S/C20H27F2NO4/c1-13(24)23-14-11-17(27-20(12-14)9-4-3-5-10-20)15-7-6-8-16(25-2)18(15)26-19(21)22/h6-8,14,17,19H,3-5,9-12H2,1-2H3,(H,23,24)/t14-,17-/m1/s1. The van der Waals surface area contributed by atoms with Crippen molar-refractivity contribution in [3.63, 3.8) is 0 Å². The first-order chi connectivity index (χ1) is 12.9. The largest absolute Gasteiger partial charge is 0.493 e. The van der Waals surface area contributed by atoms with Crippen LogP contribution in [0.3, 0.4) is 0 Å². The number of hydrogen-bond donors (Lipinski definition) is 1. The number of hydrogen-bond acceptors (Lipinski definition) is 4. The van der Waals surface area contributed by atoms with Crippen LogP contribution in [-0.2, 0) is 9.53 Å². The first-order valence-corrected chi connectivity index (χ1v) is 9.49. The number of carbonyl (C=O) groups excluding carboxylic acids is 1. The molecule has 2 aliphatic rings. The molecule has 0 unspecified atom stereocenters. The lowest BCUT2D eigenvalue weighted by Gasteiger charge is -2.47. The summed E-state index contributed by atoms with van der Waals surface area (Å²) in [6.07, 6.45) is 5.93. The van der Waals surface area contributed by atoms with E-state index in [4.69, 9.17) is 14.2 Å². The minimum Gasteiger partial charge on any atom is -0.493 e. The Hall–Kier alpha value is -1.89. The Kier molecular flexibility index (Phi) is 6.19. The molecule has 27 heavy (non-hydrogen) atoms. The SMILES string of the molecule is COc1cccc([C@H]2C[C@@H](NC(C)=O)CC3(CCCCC3)O2)c1OC(F)F. The minimum absolute atomic E-state index is 0.00874. The summed E-state index contributed by atoms with van der Waals surface area (Å²) in [5.74, 6) is 0.159. The molecule has 5 nitrogen and oxygen atoms in total. The van der Waals surface area contributed by atoms with Crippen LogP contribution in [-0.4, -0.2) is 31.3 Å². The zero-order valence-electron chi connectivity index (χ0n) is 15.8. The summed E-state index contributed by atoms with van der Waals surface area (Å²) >= 11 is 0. The molecule has 1 aliphatic carbocycles. The third-order valence-electron chi connectivity index (χ3n) is 5.46. The van der Waals surface area contributed by atoms with Crippen LogP contribution in [0.5, 0.6) is 11.5 Å². The van der Waals surface area contributed by atoms with Crippen molar-refractivity contribution in [1.29, 1.82) is 0 Å². The van der Waals surface area contributed by atoms with Crippen LogP contribution < -0.4 is 14.8 Å². The van der Waals surface area contributed by atoms with E-state index in [9.17, 15) is 13.6 Å². The Morgan fingerprint density at radius 2 is 2.04 bits per heavy atom. The summed E-state index contributed by atoms with van der Waals surface area (Å²) in [5, 5.41) is 3.00. The monoisotopic (exact) mass is 383 g/mol. The molecule has 1 saturated heterocycles. The molecule has 2 fully saturated rings. The van der Waals surface area contributed by atoms with Crippen molar-refractivity contribution in [2.75, 3.05) is 7.11 Å². The second kappa shape index (κ2) is 8.42. The normalized spacial score (nSPS) is 24.6. The van der Waals surface area contributed by atoms with Gasteiger partial charge in [0.05, 0.1) is 18.8 Å². The van der Waals surface area contributed by atoms with Crippen LogP contribution in [0.15, 0.2) is 18.2 Å². The smallest absolute Gasteiger partial charge is 0.387 e. The number of methoxy groups -OCH3 is 1. The molecule has 1 aromatic carbocycles. The van der Waals surface area contributed by atoms with E-state index in [0.717, 1.165) is 32.1 Å². The quantitative estimate of drug-likeness (QED) is 0.821. The van der Waals surface area contributed by atoms with Gasteiger partial charge in [-0.3, -0.25) is 4.79 Å². The van der Waals surface area contributed by atoms with Crippen molar-refractivity contribution >= 4 is 5.91 Å². The maximum absolute atomic E-state index is 13.0. The van der Waals surface area contributed by atoms with Crippen molar-refractivity contribution in [1.82, 2.24) is 5.32 Å². The number of carbonyl (C=O) groups is 1. The number of halogens is 2. The Morgan fingerprint density at radius 1 is 1.30 bits per heavy atom. The zero-order valence-corrected chi connectivity index (χ0v) is 15.8. The number of rotatable bonds is 5. The van der Waals surface area contributed by atoms with Gasteiger partial charge in [-0.25, -0.2) is 0 Å². The average Bonchev–Trinajstić information content (AvgIpc) is 2.61. The van der Waals surface area contributed by atoms with Gasteiger partial charge < -0.3 is 19.5 Å². The van der Waals surface area contributed by atoms with E-state index in [1.54, 1.807) is 18.2 Å². The highest BCUT2D eigenvalue weighted by molar-refractivity contribution is 5.73. The van der Waals surface area contributed by atoms with E-state index in [0.29, 0.717) is 12.0 Å². The Morgan fingerprint density at radius 3 is 2.67 bits per heavy atom. The Bertz CT molecular complexity index is 661. The van der Waals surface area contributed by atoms with Crippen LogP contribution >= 0.6 is 0 Å². The molecule has 3 rings (SSSR count). The molecule has 0 aromatic heterocycles. The Labute approximate surface area is 158 Å². The summed E-state index contributed by atoms with van der Waals surface area (Å²) in [7, 11) is 1.42. The van der Waals surface area contributed by atoms with Crippen LogP contribution in [0.1, 0.15) is 63.5 Å². The lowest BCUT2D eigenvalue weighted by Crippen LogP contribution is -2.50. The third kappa shape index (κ3) is 4.69. The lowest BCUT2D eigenvalue weighted by molar-refractivity contribution is -0.159. The van der Waals surface area contributed by atoms with Gasteiger partial charge in [0.2, 0.25) is 5.91 Å². The molecule has 7 heteroatoms. The number of alkyl halides is 2. The Balaban J connectivity index is 1.94. The van der Waals surface area contributed by atoms with Crippen molar-refractivity contribution in [3.05, 3.63) is 23.8 Å². The first kappa shape index (κ1) is 19.9. The molecule has 1 aromatic rings. The number of nitrogens with one attached hydrogen (secondary N) is 1. The summed E-state index contributed by atoms with van der Waals surface area (Å²) in [5.41, 5.74) is 0.203. The zero-order chi connectivity index (χ0) is 19.4. The van der Waals surface area contributed by atoms with E-state index >= 15 is 0 Å². The minimum atomic E-state index is -2.96. The van der Waals surface area contributed by atoms with Gasteiger partial charge in [-0.2, -0.15) is 8.78 Å². The highest BCUT2D eigenvalue weighted by Crippen LogP contribution is 2.48. The van der Waals surface area contributed by atoms with Crippen molar-refractivity contribution in [2.45, 2.75) is 76.2 Å². The van der Waals surface area contributed by atoms with Gasteiger partial charge in [-0.1, -0.05) is 31.4 Å². The summed E-state index contributed by atoms with van der Waals surface area (Å²) in [6.45, 7) is -1.46. The molecule has 1 spiro atoms. The topological polar surface area (TPSA) is 56.8 Å². The second-order valence-corrected chi connectivity index (χ2v) is 7.44. The summed E-state index contributed by atoms with van der Waals surface area (Å²) in [4.78, 5) is 11.6. The fourth-order valence-electron chi connectivity index (χ4n) is 4.46. The van der Waals surface area contributed by atoms with E-state index < -0.39 is 12.7 Å². The van der Waals surface area contributed by atoms with Gasteiger partial charge in [-0.05, 0) is 31.7 Å². The fraction of sp³-hybridized carbons (Fsp3) is 0.650. The molecule has 0 bridgehead atoms. The molecule has 1 N–H and O–H groups in total. The van der Waals surface area contributed by atoms with Gasteiger partial charge in [0, 0.05) is 18.5 Å². The number of ether oxygens (including phenoxy) is 3. The molecule has 1 amide bonds. The second-order valence-electron chi connectivity index (χ2n) is 7.44. The third-order valence-corrected chi connectivity index (χ3v) is 5.46. The number of amides is 1. The first-order valence-electron chi connectivity index (χ1n) is 9.49. The van der Waals surface area contributed by atoms with E-state index in [1.807, 2.05) is 0 Å². The van der Waals surface area contributed by atoms with E-state index in [1.165, 1.54) is 20.5 Å². The molecule has 2 atom stereocenters. The molecule has 0 radical (unpaired) electrons. The summed E-state index contributed by atoms with van der Waals surface area (Å²) < 4.78 is 42.5. The summed E-state index contributed by atoms with van der Waals surface area (Å²) in [6, 6.07) is 5.00. The maximum atomic E-state index is 13.0. The van der Waals surface area contributed by atoms with Crippen molar-refractivity contribution in [3.8, 4) is 11.5 Å². The average molecular weight is 383 g/mol. The molecule has 150 valence electrons. The molecular weight excluding hydrogens is 356 g/mol. The highest BCUT2D eigenvalue weighted by Gasteiger charge is 2.44. The van der Waals surface area contributed by atoms with E-state index in [2.05, 4.69) is 5.32 Å². The van der Waals surface area contributed by atoms with E-state index in [-0.39, 0.29) is 29.0 Å². The van der Waals surface area contributed by atoms with Crippen molar-refractivity contribution < 1.29 is 27.8 Å². The van der Waals surface area contributed by atoms with Crippen LogP contribution in [0.4, 0.5) is 8.78 Å². The van der Waals surface area contributed by atoms with Crippen LogP contribution in [0.2, 0.25) is 0 Å². The molecule has 1 aliphatic heterocycles. The maximum Gasteiger partial charge on any atom is 0.387 e. The fourth-order valence-corrected chi connectivity index (χ4v) is 4.46. The number of para-hydroxylation sites is 1. The highest BCUT2D eigenvalue weighted by atomic mass is 19.3. The van der Waals surface area contributed by atoms with Gasteiger partial charge in [0.25, 0.3) is 0 Å². The molecular formula is C20H27F2NO4. The molecule has 1 saturated carbocycles. The van der Waals surface area contributed by atoms with Gasteiger partial charge in [0.1, 0.15) is 0 Å². The van der Waals surface area contributed by atoms with Gasteiger partial charge in [0.15, 0.2) is 11.5 Å². The van der Waals surface area contributed by atoms with Crippen molar-refractivity contribution in [2.24, 2.45) is 0 Å².